The Morgan fingerprint density at radius 3 is 2.85 bits per heavy atom. The van der Waals surface area contributed by atoms with Gasteiger partial charge >= 0.3 is 0 Å². The number of pyridine rings is 2. The lowest BCUT2D eigenvalue weighted by Gasteiger charge is -2.35. The van der Waals surface area contributed by atoms with Gasteiger partial charge in [-0.15, -0.1) is 5.10 Å². The highest BCUT2D eigenvalue weighted by Crippen LogP contribution is 2.21. The van der Waals surface area contributed by atoms with Gasteiger partial charge in [-0.1, -0.05) is 13.8 Å². The maximum Gasteiger partial charge on any atom is 0.154 e. The minimum Gasteiger partial charge on any atom is -0.390 e. The predicted molar refractivity (Wildman–Crippen MR) is 134 cm³/mol. The molecule has 1 aliphatic rings. The second-order valence-electron chi connectivity index (χ2n) is 8.75. The van der Waals surface area contributed by atoms with Gasteiger partial charge in [0.05, 0.1) is 29.2 Å². The zero-order valence-electron chi connectivity index (χ0n) is 19.5. The van der Waals surface area contributed by atoms with E-state index in [1.807, 2.05) is 30.5 Å². The van der Waals surface area contributed by atoms with E-state index >= 15 is 0 Å². The van der Waals surface area contributed by atoms with Crippen LogP contribution in [-0.2, 0) is 0 Å². The molecule has 3 N–H and O–H groups in total. The average Bonchev–Trinajstić information content (AvgIpc) is 2.82. The van der Waals surface area contributed by atoms with E-state index in [0.717, 1.165) is 60.3 Å². The van der Waals surface area contributed by atoms with Crippen molar-refractivity contribution in [1.82, 2.24) is 30.4 Å². The maximum atomic E-state index is 8.85. The monoisotopic (exact) mass is 455 g/mol. The molecular formula is C25H29N9. The molecule has 0 spiro atoms. The van der Waals surface area contributed by atoms with Crippen LogP contribution in [0.25, 0.3) is 16.6 Å². The molecule has 0 aliphatic carbocycles. The van der Waals surface area contributed by atoms with Crippen LogP contribution in [0.4, 0.5) is 11.6 Å². The highest BCUT2D eigenvalue weighted by Gasteiger charge is 2.25. The van der Waals surface area contributed by atoms with E-state index in [2.05, 4.69) is 55.6 Å². The van der Waals surface area contributed by atoms with Crippen LogP contribution in [0, 0.1) is 22.7 Å². The number of aromatic nitrogens is 4. The fraction of sp³-hybridized carbons (Fsp3) is 0.360. The van der Waals surface area contributed by atoms with E-state index < -0.39 is 0 Å². The number of allylic oxidation sites excluding steroid dienone is 1. The van der Waals surface area contributed by atoms with Crippen molar-refractivity contribution in [3.8, 4) is 6.07 Å². The van der Waals surface area contributed by atoms with Crippen LogP contribution < -0.4 is 10.6 Å². The van der Waals surface area contributed by atoms with E-state index in [1.54, 1.807) is 12.4 Å². The Hall–Kier alpha value is -3.90. The van der Waals surface area contributed by atoms with Gasteiger partial charge in [0.2, 0.25) is 0 Å². The van der Waals surface area contributed by atoms with Crippen LogP contribution in [0.3, 0.4) is 0 Å². The molecule has 34 heavy (non-hydrogen) atoms. The number of nitrogens with zero attached hydrogens (tertiary/aromatic N) is 6. The Morgan fingerprint density at radius 2 is 2.09 bits per heavy atom. The first-order chi connectivity index (χ1) is 16.6. The third-order valence-electron chi connectivity index (χ3n) is 5.82. The summed E-state index contributed by atoms with van der Waals surface area (Å²) in [5.41, 5.74) is 4.16. The zero-order valence-corrected chi connectivity index (χ0v) is 19.5. The Labute approximate surface area is 199 Å². The van der Waals surface area contributed by atoms with Crippen LogP contribution in [0.2, 0.25) is 0 Å². The molecule has 3 aromatic heterocycles. The minimum absolute atomic E-state index is 0.195. The van der Waals surface area contributed by atoms with Gasteiger partial charge in [-0.25, -0.2) is 4.98 Å². The SMILES string of the molecule is CC(C)c1cnnc(Nc2ccc3ncc(/C(C=N)=C/NCCCN4CC(C#N)C4)cc3n2)c1. The van der Waals surface area contributed by atoms with Crippen molar-refractivity contribution in [1.29, 1.82) is 10.7 Å². The lowest BCUT2D eigenvalue weighted by atomic mass is 10.0. The number of anilines is 2. The molecule has 1 fully saturated rings. The summed E-state index contributed by atoms with van der Waals surface area (Å²) in [6.07, 6.45) is 7.67. The molecule has 0 aromatic carbocycles. The number of fused-ring (bicyclic) bond motifs is 1. The normalized spacial score (nSPS) is 14.6. The van der Waals surface area contributed by atoms with Crippen LogP contribution in [0.15, 0.2) is 42.9 Å². The molecule has 1 saturated heterocycles. The number of hydrogen-bond acceptors (Lipinski definition) is 9. The molecule has 0 unspecified atom stereocenters. The van der Waals surface area contributed by atoms with Gasteiger partial charge in [-0.05, 0) is 48.7 Å². The lowest BCUT2D eigenvalue weighted by Crippen LogP contribution is -2.46. The Kier molecular flexibility index (Phi) is 7.40. The van der Waals surface area contributed by atoms with Crippen molar-refractivity contribution >= 4 is 34.5 Å². The fourth-order valence-electron chi connectivity index (χ4n) is 3.75. The second-order valence-corrected chi connectivity index (χ2v) is 8.75. The van der Waals surface area contributed by atoms with E-state index in [9.17, 15) is 0 Å². The van der Waals surface area contributed by atoms with Crippen molar-refractivity contribution in [3.05, 3.63) is 54.0 Å². The number of rotatable bonds is 10. The number of hydrogen-bond donors (Lipinski definition) is 3. The zero-order chi connectivity index (χ0) is 23.9. The summed E-state index contributed by atoms with van der Waals surface area (Å²) < 4.78 is 0. The van der Waals surface area contributed by atoms with Gasteiger partial charge in [0.15, 0.2) is 5.82 Å². The van der Waals surface area contributed by atoms with Gasteiger partial charge in [0.25, 0.3) is 0 Å². The molecule has 174 valence electrons. The molecule has 9 heteroatoms. The van der Waals surface area contributed by atoms with Crippen molar-refractivity contribution in [3.63, 3.8) is 0 Å². The summed E-state index contributed by atoms with van der Waals surface area (Å²) in [7, 11) is 0. The van der Waals surface area contributed by atoms with Crippen LogP contribution >= 0.6 is 0 Å². The molecule has 0 radical (unpaired) electrons. The van der Waals surface area contributed by atoms with E-state index in [4.69, 9.17) is 10.7 Å². The van der Waals surface area contributed by atoms with Crippen molar-refractivity contribution in [2.45, 2.75) is 26.2 Å². The molecule has 4 heterocycles. The summed E-state index contributed by atoms with van der Waals surface area (Å²) in [4.78, 5) is 11.5. The van der Waals surface area contributed by atoms with Gasteiger partial charge in [-0.3, -0.25) is 4.98 Å². The molecule has 0 amide bonds. The van der Waals surface area contributed by atoms with Gasteiger partial charge in [0.1, 0.15) is 5.82 Å². The molecule has 1 aliphatic heterocycles. The van der Waals surface area contributed by atoms with Crippen LogP contribution in [0.1, 0.15) is 37.3 Å². The van der Waals surface area contributed by atoms with Gasteiger partial charge in [0, 0.05) is 49.4 Å². The smallest absolute Gasteiger partial charge is 0.154 e. The molecule has 0 bridgehead atoms. The Morgan fingerprint density at radius 1 is 1.24 bits per heavy atom. The Bertz CT molecular complexity index is 1220. The number of likely N-dealkylation sites (tertiary alicyclic amines) is 1. The quantitative estimate of drug-likeness (QED) is 0.312. The molecule has 0 saturated carbocycles. The lowest BCUT2D eigenvalue weighted by molar-refractivity contribution is 0.134. The topological polar surface area (TPSA) is 127 Å². The first kappa shape index (κ1) is 23.3. The standard InChI is InChI=1S/C25H29N9/c1-17(2)19-9-25(33-30-14-19)32-24-5-4-22-23(31-24)8-20(13-29-22)21(11-27)12-28-6-3-7-34-15-18(10-26)16-34/h4-5,8-9,11-14,17-18,27-28H,3,6-7,15-16H2,1-2H3,(H,31,32,33)/b21-12+,27-11?. The summed E-state index contributed by atoms with van der Waals surface area (Å²) in [6, 6.07) is 9.98. The first-order valence-electron chi connectivity index (χ1n) is 11.5. The van der Waals surface area contributed by atoms with Crippen molar-refractivity contribution in [2.24, 2.45) is 5.92 Å². The van der Waals surface area contributed by atoms with E-state index in [1.165, 1.54) is 6.21 Å². The van der Waals surface area contributed by atoms with Gasteiger partial charge < -0.3 is 20.9 Å². The third-order valence-corrected chi connectivity index (χ3v) is 5.82. The Balaban J connectivity index is 1.40. The molecular weight excluding hydrogens is 426 g/mol. The first-order valence-corrected chi connectivity index (χ1v) is 11.5. The third kappa shape index (κ3) is 5.71. The summed E-state index contributed by atoms with van der Waals surface area (Å²) >= 11 is 0. The summed E-state index contributed by atoms with van der Waals surface area (Å²) in [6.45, 7) is 7.75. The van der Waals surface area contributed by atoms with Gasteiger partial charge in [-0.2, -0.15) is 10.4 Å². The van der Waals surface area contributed by atoms with E-state index in [-0.39, 0.29) is 5.92 Å². The minimum atomic E-state index is 0.195. The highest BCUT2D eigenvalue weighted by atomic mass is 15.2. The van der Waals surface area contributed by atoms with Crippen LogP contribution in [0.5, 0.6) is 0 Å². The molecule has 0 atom stereocenters. The largest absolute Gasteiger partial charge is 0.390 e. The molecule has 4 rings (SSSR count). The van der Waals surface area contributed by atoms with Crippen molar-refractivity contribution < 1.29 is 0 Å². The average molecular weight is 456 g/mol. The number of nitriles is 1. The summed E-state index contributed by atoms with van der Waals surface area (Å²) in [5.74, 6) is 1.86. The fourth-order valence-corrected chi connectivity index (χ4v) is 3.75. The second kappa shape index (κ2) is 10.8. The predicted octanol–water partition coefficient (Wildman–Crippen LogP) is 3.71. The van der Waals surface area contributed by atoms with Crippen LogP contribution in [-0.4, -0.2) is 57.5 Å². The highest BCUT2D eigenvalue weighted by molar-refractivity contribution is 6.08. The molecule has 9 nitrogen and oxygen atoms in total. The van der Waals surface area contributed by atoms with E-state index in [0.29, 0.717) is 17.6 Å². The number of nitrogens with one attached hydrogen (secondary N) is 3. The van der Waals surface area contributed by atoms with Crippen molar-refractivity contribution in [2.75, 3.05) is 31.5 Å². The maximum absolute atomic E-state index is 8.85. The molecule has 3 aromatic rings. The summed E-state index contributed by atoms with van der Waals surface area (Å²) in [5, 5.41) is 31.4.